The summed E-state index contributed by atoms with van der Waals surface area (Å²) in [6.07, 6.45) is 1.10. The van der Waals surface area contributed by atoms with Crippen LogP contribution in [-0.4, -0.2) is 22.0 Å². The van der Waals surface area contributed by atoms with Gasteiger partial charge >= 0.3 is 0 Å². The highest BCUT2D eigenvalue weighted by Gasteiger charge is 2.12. The second-order valence-corrected chi connectivity index (χ2v) is 5.94. The summed E-state index contributed by atoms with van der Waals surface area (Å²) in [6.45, 7) is 2.16. The van der Waals surface area contributed by atoms with E-state index in [9.17, 15) is 4.79 Å². The van der Waals surface area contributed by atoms with Crippen LogP contribution in [0.5, 0.6) is 0 Å². The molecule has 1 N–H and O–H groups in total. The molecule has 4 nitrogen and oxygen atoms in total. The van der Waals surface area contributed by atoms with Crippen LogP contribution in [0.15, 0.2) is 30.3 Å². The van der Waals surface area contributed by atoms with Crippen molar-refractivity contribution >= 4 is 34.0 Å². The number of rotatable bonds is 6. The van der Waals surface area contributed by atoms with E-state index in [0.29, 0.717) is 16.9 Å². The lowest BCUT2D eigenvalue weighted by Gasteiger charge is -2.08. The second kappa shape index (κ2) is 7.36. The number of hydrogen-bond donors (Lipinski definition) is 1. The van der Waals surface area contributed by atoms with Gasteiger partial charge in [-0.05, 0) is 11.5 Å². The van der Waals surface area contributed by atoms with Crippen molar-refractivity contribution in [3.8, 4) is 0 Å². The molecule has 20 heavy (non-hydrogen) atoms. The van der Waals surface area contributed by atoms with Crippen LogP contribution in [0.3, 0.4) is 0 Å². The van der Waals surface area contributed by atoms with Gasteiger partial charge in [0.1, 0.15) is 5.01 Å². The summed E-state index contributed by atoms with van der Waals surface area (Å²) in [7, 11) is 0. The van der Waals surface area contributed by atoms with Gasteiger partial charge in [-0.3, -0.25) is 4.79 Å². The van der Waals surface area contributed by atoms with E-state index in [4.69, 9.17) is 11.6 Å². The highest BCUT2D eigenvalue weighted by atomic mass is 35.5. The third-order valence-corrected chi connectivity index (χ3v) is 3.93. The van der Waals surface area contributed by atoms with E-state index in [-0.39, 0.29) is 12.3 Å². The van der Waals surface area contributed by atoms with E-state index in [1.807, 2.05) is 18.2 Å². The number of halogens is 1. The normalized spacial score (nSPS) is 12.1. The Hall–Kier alpha value is -1.46. The Labute approximate surface area is 127 Å². The van der Waals surface area contributed by atoms with E-state index in [0.717, 1.165) is 11.4 Å². The Morgan fingerprint density at radius 2 is 2.10 bits per heavy atom. The number of carbonyl (C=O) groups excluding carboxylic acids is 1. The largest absolute Gasteiger partial charge is 0.300 e. The van der Waals surface area contributed by atoms with Gasteiger partial charge in [0.15, 0.2) is 0 Å². The standard InChI is InChI=1S/C14H16ClN3OS/c1-10(11-5-3-2-4-6-11)9-13-17-18-14(20-13)16-12(19)7-8-15/h2-6,10H,7-9H2,1H3,(H,16,18,19)/t10-/m0/s1. The van der Waals surface area contributed by atoms with Crippen molar-refractivity contribution in [3.05, 3.63) is 40.9 Å². The summed E-state index contributed by atoms with van der Waals surface area (Å²) < 4.78 is 0. The quantitative estimate of drug-likeness (QED) is 0.831. The molecule has 0 saturated carbocycles. The minimum atomic E-state index is -0.126. The van der Waals surface area contributed by atoms with Crippen molar-refractivity contribution in [2.75, 3.05) is 11.2 Å². The first kappa shape index (κ1) is 14.9. The molecule has 1 heterocycles. The molecule has 0 radical (unpaired) electrons. The molecule has 1 amide bonds. The predicted molar refractivity (Wildman–Crippen MR) is 82.4 cm³/mol. The Kier molecular flexibility index (Phi) is 5.49. The van der Waals surface area contributed by atoms with Gasteiger partial charge in [0, 0.05) is 18.7 Å². The molecule has 106 valence electrons. The molecule has 0 aliphatic carbocycles. The van der Waals surface area contributed by atoms with Crippen LogP contribution < -0.4 is 5.32 Å². The first-order valence-electron chi connectivity index (χ1n) is 6.42. The number of alkyl halides is 1. The molecule has 0 spiro atoms. The molecule has 0 aliphatic heterocycles. The maximum atomic E-state index is 11.4. The number of aromatic nitrogens is 2. The number of carbonyl (C=O) groups is 1. The topological polar surface area (TPSA) is 54.9 Å². The Morgan fingerprint density at radius 3 is 2.80 bits per heavy atom. The van der Waals surface area contributed by atoms with Crippen molar-refractivity contribution in [1.29, 1.82) is 0 Å². The van der Waals surface area contributed by atoms with Crippen LogP contribution in [0.4, 0.5) is 5.13 Å². The zero-order valence-corrected chi connectivity index (χ0v) is 12.7. The molecule has 0 aliphatic rings. The molecule has 1 aromatic carbocycles. The van der Waals surface area contributed by atoms with Crippen molar-refractivity contribution in [1.82, 2.24) is 10.2 Å². The Bertz CT molecular complexity index is 559. The number of nitrogens with zero attached hydrogens (tertiary/aromatic N) is 2. The van der Waals surface area contributed by atoms with Crippen molar-refractivity contribution in [2.24, 2.45) is 0 Å². The summed E-state index contributed by atoms with van der Waals surface area (Å²) in [5.41, 5.74) is 1.27. The first-order valence-corrected chi connectivity index (χ1v) is 7.77. The lowest BCUT2D eigenvalue weighted by molar-refractivity contribution is -0.115. The zero-order valence-electron chi connectivity index (χ0n) is 11.2. The molecule has 0 saturated heterocycles. The maximum Gasteiger partial charge on any atom is 0.227 e. The maximum absolute atomic E-state index is 11.4. The fourth-order valence-corrected chi connectivity index (χ4v) is 2.87. The summed E-state index contributed by atoms with van der Waals surface area (Å²) in [4.78, 5) is 11.4. The van der Waals surface area contributed by atoms with Crippen molar-refractivity contribution in [3.63, 3.8) is 0 Å². The number of amides is 1. The fourth-order valence-electron chi connectivity index (χ4n) is 1.82. The number of benzene rings is 1. The van der Waals surface area contributed by atoms with Gasteiger partial charge in [0.25, 0.3) is 0 Å². The SMILES string of the molecule is C[C@@H](Cc1nnc(NC(=O)CCCl)s1)c1ccccc1. The van der Waals surface area contributed by atoms with E-state index in [2.05, 4.69) is 34.6 Å². The molecule has 2 rings (SSSR count). The van der Waals surface area contributed by atoms with E-state index >= 15 is 0 Å². The molecule has 0 bridgehead atoms. The van der Waals surface area contributed by atoms with Crippen LogP contribution in [-0.2, 0) is 11.2 Å². The summed E-state index contributed by atoms with van der Waals surface area (Å²) in [5, 5.41) is 12.2. The third kappa shape index (κ3) is 4.28. The molecule has 2 aromatic rings. The Morgan fingerprint density at radius 1 is 1.35 bits per heavy atom. The molecule has 1 aromatic heterocycles. The summed E-state index contributed by atoms with van der Waals surface area (Å²) in [6, 6.07) is 10.3. The van der Waals surface area contributed by atoms with E-state index < -0.39 is 0 Å². The molecule has 0 fully saturated rings. The minimum Gasteiger partial charge on any atom is -0.300 e. The summed E-state index contributed by atoms with van der Waals surface area (Å²) in [5.74, 6) is 0.553. The Balaban J connectivity index is 1.94. The first-order chi connectivity index (χ1) is 9.69. The number of anilines is 1. The molecular weight excluding hydrogens is 294 g/mol. The van der Waals surface area contributed by atoms with Crippen LogP contribution in [0, 0.1) is 0 Å². The van der Waals surface area contributed by atoms with Gasteiger partial charge in [-0.2, -0.15) is 0 Å². The van der Waals surface area contributed by atoms with E-state index in [1.165, 1.54) is 16.9 Å². The van der Waals surface area contributed by atoms with Gasteiger partial charge in [-0.15, -0.1) is 21.8 Å². The average molecular weight is 310 g/mol. The van der Waals surface area contributed by atoms with Gasteiger partial charge in [0.2, 0.25) is 11.0 Å². The van der Waals surface area contributed by atoms with Crippen LogP contribution in [0.25, 0.3) is 0 Å². The molecule has 1 atom stereocenters. The van der Waals surface area contributed by atoms with Gasteiger partial charge in [-0.1, -0.05) is 48.6 Å². The van der Waals surface area contributed by atoms with E-state index in [1.54, 1.807) is 0 Å². The zero-order chi connectivity index (χ0) is 14.4. The molecule has 6 heteroatoms. The van der Waals surface area contributed by atoms with Gasteiger partial charge in [0.05, 0.1) is 0 Å². The summed E-state index contributed by atoms with van der Waals surface area (Å²) >= 11 is 6.92. The second-order valence-electron chi connectivity index (χ2n) is 4.50. The van der Waals surface area contributed by atoms with Crippen molar-refractivity contribution < 1.29 is 4.79 Å². The molecular formula is C14H16ClN3OS. The minimum absolute atomic E-state index is 0.126. The smallest absolute Gasteiger partial charge is 0.227 e. The van der Waals surface area contributed by atoms with Gasteiger partial charge in [-0.25, -0.2) is 0 Å². The lowest BCUT2D eigenvalue weighted by Crippen LogP contribution is -2.11. The molecule has 0 unspecified atom stereocenters. The predicted octanol–water partition coefficient (Wildman–Crippen LogP) is 3.45. The average Bonchev–Trinajstić information content (AvgIpc) is 2.87. The fraction of sp³-hybridized carbons (Fsp3) is 0.357. The monoisotopic (exact) mass is 309 g/mol. The highest BCUT2D eigenvalue weighted by molar-refractivity contribution is 7.15. The lowest BCUT2D eigenvalue weighted by atomic mass is 9.98. The third-order valence-electron chi connectivity index (χ3n) is 2.88. The van der Waals surface area contributed by atoms with Gasteiger partial charge < -0.3 is 5.32 Å². The van der Waals surface area contributed by atoms with Crippen LogP contribution in [0.2, 0.25) is 0 Å². The van der Waals surface area contributed by atoms with Crippen molar-refractivity contribution in [2.45, 2.75) is 25.7 Å². The van der Waals surface area contributed by atoms with Crippen LogP contribution in [0.1, 0.15) is 29.8 Å². The highest BCUT2D eigenvalue weighted by Crippen LogP contribution is 2.24. The number of nitrogens with one attached hydrogen (secondary N) is 1. The number of hydrogen-bond acceptors (Lipinski definition) is 4. The van der Waals surface area contributed by atoms with Crippen LogP contribution >= 0.6 is 22.9 Å².